The van der Waals surface area contributed by atoms with Gasteiger partial charge in [0.1, 0.15) is 5.82 Å². The van der Waals surface area contributed by atoms with Crippen molar-refractivity contribution < 1.29 is 17.6 Å². The fourth-order valence-corrected chi connectivity index (χ4v) is 2.58. The fraction of sp³-hybridized carbons (Fsp3) is 0.133. The highest BCUT2D eigenvalue weighted by Gasteiger charge is 2.31. The van der Waals surface area contributed by atoms with Gasteiger partial charge in [-0.3, -0.25) is 0 Å². The normalized spacial score (nSPS) is 11.2. The van der Waals surface area contributed by atoms with Crippen molar-refractivity contribution in [2.45, 2.75) is 12.7 Å². The molecule has 24 heavy (non-hydrogen) atoms. The van der Waals surface area contributed by atoms with Crippen LogP contribution >= 0.6 is 35.4 Å². The third-order valence-corrected chi connectivity index (χ3v) is 3.62. The Kier molecular flexibility index (Phi) is 5.90. The third kappa shape index (κ3) is 5.22. The lowest BCUT2D eigenvalue weighted by Gasteiger charge is -2.13. The minimum atomic E-state index is -4.54. The molecule has 0 saturated heterocycles. The molecule has 0 aromatic heterocycles. The van der Waals surface area contributed by atoms with E-state index in [2.05, 4.69) is 10.6 Å². The van der Waals surface area contributed by atoms with Gasteiger partial charge in [0.2, 0.25) is 0 Å². The van der Waals surface area contributed by atoms with E-state index >= 15 is 0 Å². The third-order valence-electron chi connectivity index (χ3n) is 2.93. The standard InChI is InChI=1S/C15H10Cl2F4N2S/c16-10-4-11(17)6-12(5-10)23-14(24)22-7-8-3-9(15(19,20)21)1-2-13(8)18/h1-6H,7H2,(H2,22,23,24). The van der Waals surface area contributed by atoms with E-state index in [1.165, 1.54) is 6.07 Å². The largest absolute Gasteiger partial charge is 0.416 e. The molecule has 0 aliphatic rings. The van der Waals surface area contributed by atoms with Crippen LogP contribution in [0.4, 0.5) is 23.2 Å². The number of alkyl halides is 3. The van der Waals surface area contributed by atoms with E-state index in [0.717, 1.165) is 12.1 Å². The summed E-state index contributed by atoms with van der Waals surface area (Å²) in [7, 11) is 0. The van der Waals surface area contributed by atoms with Gasteiger partial charge in [-0.25, -0.2) is 4.39 Å². The van der Waals surface area contributed by atoms with Gasteiger partial charge in [-0.15, -0.1) is 0 Å². The average Bonchev–Trinajstić information content (AvgIpc) is 2.44. The summed E-state index contributed by atoms with van der Waals surface area (Å²) in [5, 5.41) is 6.26. The summed E-state index contributed by atoms with van der Waals surface area (Å²) in [6.07, 6.45) is -4.54. The Balaban J connectivity index is 2.03. The van der Waals surface area contributed by atoms with Gasteiger partial charge >= 0.3 is 6.18 Å². The maximum Gasteiger partial charge on any atom is 0.416 e. The monoisotopic (exact) mass is 396 g/mol. The van der Waals surface area contributed by atoms with Gasteiger partial charge in [-0.05, 0) is 48.6 Å². The number of hydrogen-bond acceptors (Lipinski definition) is 1. The van der Waals surface area contributed by atoms with Crippen LogP contribution in [-0.2, 0) is 12.7 Å². The van der Waals surface area contributed by atoms with Crippen molar-refractivity contribution in [2.75, 3.05) is 5.32 Å². The second-order valence-electron chi connectivity index (χ2n) is 4.77. The molecule has 9 heteroatoms. The smallest absolute Gasteiger partial charge is 0.358 e. The van der Waals surface area contributed by atoms with E-state index in [0.29, 0.717) is 21.8 Å². The Hall–Kier alpha value is -1.57. The number of nitrogens with one attached hydrogen (secondary N) is 2. The van der Waals surface area contributed by atoms with Crippen LogP contribution in [0.3, 0.4) is 0 Å². The van der Waals surface area contributed by atoms with Crippen LogP contribution in [0.1, 0.15) is 11.1 Å². The lowest BCUT2D eigenvalue weighted by atomic mass is 10.1. The van der Waals surface area contributed by atoms with E-state index in [1.54, 1.807) is 12.1 Å². The van der Waals surface area contributed by atoms with Crippen LogP contribution < -0.4 is 10.6 Å². The Morgan fingerprint density at radius 1 is 1.04 bits per heavy atom. The molecule has 0 atom stereocenters. The van der Waals surface area contributed by atoms with Crippen LogP contribution in [0, 0.1) is 5.82 Å². The van der Waals surface area contributed by atoms with Gasteiger partial charge in [0, 0.05) is 27.8 Å². The highest BCUT2D eigenvalue weighted by Crippen LogP contribution is 2.30. The number of halogens is 6. The van der Waals surface area contributed by atoms with Crippen LogP contribution in [-0.4, -0.2) is 5.11 Å². The molecule has 2 aromatic rings. The minimum absolute atomic E-state index is 0.0881. The summed E-state index contributed by atoms with van der Waals surface area (Å²) in [6.45, 7) is -0.212. The predicted octanol–water partition coefficient (Wildman–Crippen LogP) is 5.64. The number of hydrogen-bond donors (Lipinski definition) is 2. The summed E-state index contributed by atoms with van der Waals surface area (Å²) in [4.78, 5) is 0. The molecule has 128 valence electrons. The average molecular weight is 397 g/mol. The van der Waals surface area contributed by atoms with Gasteiger partial charge in [-0.2, -0.15) is 13.2 Å². The molecule has 2 aromatic carbocycles. The van der Waals surface area contributed by atoms with Crippen LogP contribution in [0.15, 0.2) is 36.4 Å². The SMILES string of the molecule is Fc1ccc(C(F)(F)F)cc1CNC(=S)Nc1cc(Cl)cc(Cl)c1. The van der Waals surface area contributed by atoms with Crippen LogP contribution in [0.5, 0.6) is 0 Å². The minimum Gasteiger partial charge on any atom is -0.358 e. The van der Waals surface area contributed by atoms with Gasteiger partial charge in [0.05, 0.1) is 5.56 Å². The van der Waals surface area contributed by atoms with E-state index in [1.807, 2.05) is 0 Å². The summed E-state index contributed by atoms with van der Waals surface area (Å²) < 4.78 is 51.6. The Bertz CT molecular complexity index is 745. The summed E-state index contributed by atoms with van der Waals surface area (Å²) in [5.74, 6) is -0.760. The van der Waals surface area contributed by atoms with E-state index in [4.69, 9.17) is 35.4 Å². The first kappa shape index (κ1) is 18.8. The molecule has 0 amide bonds. The summed E-state index contributed by atoms with van der Waals surface area (Å²) >= 11 is 16.7. The molecule has 0 saturated carbocycles. The predicted molar refractivity (Wildman–Crippen MR) is 90.9 cm³/mol. The van der Waals surface area contributed by atoms with Gasteiger partial charge in [0.15, 0.2) is 5.11 Å². The van der Waals surface area contributed by atoms with Crippen molar-refractivity contribution in [3.63, 3.8) is 0 Å². The van der Waals surface area contributed by atoms with Crippen molar-refractivity contribution in [1.82, 2.24) is 5.32 Å². The summed E-state index contributed by atoms with van der Waals surface area (Å²) in [6, 6.07) is 6.85. The first-order valence-corrected chi connectivity index (χ1v) is 7.68. The Labute approximate surface area is 150 Å². The molecule has 0 radical (unpaired) electrons. The van der Waals surface area contributed by atoms with Gasteiger partial charge in [0.25, 0.3) is 0 Å². The highest BCUT2D eigenvalue weighted by atomic mass is 35.5. The molecule has 0 bridgehead atoms. The molecule has 2 N–H and O–H groups in total. The van der Waals surface area contributed by atoms with Crippen LogP contribution in [0.25, 0.3) is 0 Å². The van der Waals surface area contributed by atoms with Crippen molar-refractivity contribution in [3.8, 4) is 0 Å². The first-order valence-electron chi connectivity index (χ1n) is 6.52. The molecule has 2 rings (SSSR count). The molecule has 0 spiro atoms. The second kappa shape index (κ2) is 7.55. The topological polar surface area (TPSA) is 24.1 Å². The molecule has 0 unspecified atom stereocenters. The molecule has 0 aliphatic carbocycles. The number of thiocarbonyl (C=S) groups is 1. The second-order valence-corrected chi connectivity index (χ2v) is 6.05. The molecule has 0 fully saturated rings. The Morgan fingerprint density at radius 3 is 2.25 bits per heavy atom. The fourth-order valence-electron chi connectivity index (χ4n) is 1.86. The summed E-state index contributed by atoms with van der Waals surface area (Å²) in [5.41, 5.74) is -0.589. The molecular weight excluding hydrogens is 387 g/mol. The van der Waals surface area contributed by atoms with Crippen LogP contribution in [0.2, 0.25) is 10.0 Å². The maximum absolute atomic E-state index is 13.6. The zero-order valence-corrected chi connectivity index (χ0v) is 14.2. The van der Waals surface area contributed by atoms with E-state index < -0.39 is 17.6 Å². The first-order chi connectivity index (χ1) is 11.1. The lowest BCUT2D eigenvalue weighted by Crippen LogP contribution is -2.28. The highest BCUT2D eigenvalue weighted by molar-refractivity contribution is 7.80. The lowest BCUT2D eigenvalue weighted by molar-refractivity contribution is -0.137. The molecule has 2 nitrogen and oxygen atoms in total. The van der Waals surface area contributed by atoms with Gasteiger partial charge in [-0.1, -0.05) is 23.2 Å². The number of benzene rings is 2. The van der Waals surface area contributed by atoms with Crippen molar-refractivity contribution in [1.29, 1.82) is 0 Å². The molecule has 0 aliphatic heterocycles. The Morgan fingerprint density at radius 2 is 1.67 bits per heavy atom. The number of anilines is 1. The van der Waals surface area contributed by atoms with E-state index in [-0.39, 0.29) is 17.2 Å². The van der Waals surface area contributed by atoms with Crippen molar-refractivity contribution >= 4 is 46.2 Å². The molecular formula is C15H10Cl2F4N2S. The van der Waals surface area contributed by atoms with Crippen molar-refractivity contribution in [2.24, 2.45) is 0 Å². The quantitative estimate of drug-likeness (QED) is 0.518. The van der Waals surface area contributed by atoms with Crippen molar-refractivity contribution in [3.05, 3.63) is 63.4 Å². The zero-order chi connectivity index (χ0) is 17.9. The number of rotatable bonds is 3. The van der Waals surface area contributed by atoms with Gasteiger partial charge < -0.3 is 10.6 Å². The van der Waals surface area contributed by atoms with E-state index in [9.17, 15) is 17.6 Å². The maximum atomic E-state index is 13.6. The molecule has 0 heterocycles. The zero-order valence-electron chi connectivity index (χ0n) is 11.8.